The normalized spacial score (nSPS) is 31.4. The summed E-state index contributed by atoms with van der Waals surface area (Å²) >= 11 is 0. The molecule has 0 amide bonds. The average molecular weight is 338 g/mol. The van der Waals surface area contributed by atoms with E-state index in [4.69, 9.17) is 0 Å². The Hall–Kier alpha value is -0.990. The molecule has 134 valence electrons. The molecule has 0 spiro atoms. The maximum absolute atomic E-state index is 13.9. The number of hydrogen-bond acceptors (Lipinski definition) is 0. The molecule has 0 heterocycles. The second-order valence-corrected chi connectivity index (χ2v) is 7.89. The van der Waals surface area contributed by atoms with Gasteiger partial charge >= 0.3 is 0 Å². The van der Waals surface area contributed by atoms with Crippen molar-refractivity contribution in [3.8, 4) is 0 Å². The van der Waals surface area contributed by atoms with Crippen molar-refractivity contribution >= 4 is 0 Å². The molecule has 0 aromatic heterocycles. The van der Waals surface area contributed by atoms with Crippen molar-refractivity contribution in [2.75, 3.05) is 0 Å². The first kappa shape index (κ1) is 17.8. The summed E-state index contributed by atoms with van der Waals surface area (Å²) in [6.45, 7) is 2.29. The standard InChI is InChI=1S/C21H29F3/c1-2-14-6-8-15(9-7-14)16-4-3-5-17(12-16)18-10-11-19(21(23)24)20(22)13-18/h10-11,13-17,21H,2-9,12H2,1H3/t14-,15-,16-,17?/m1/s1. The summed E-state index contributed by atoms with van der Waals surface area (Å²) in [5.74, 6) is 2.07. The molecular weight excluding hydrogens is 309 g/mol. The fraction of sp³-hybridized carbons (Fsp3) is 0.714. The van der Waals surface area contributed by atoms with Gasteiger partial charge in [0.1, 0.15) is 5.82 Å². The lowest BCUT2D eigenvalue weighted by molar-refractivity contribution is 0.146. The summed E-state index contributed by atoms with van der Waals surface area (Å²) in [6, 6.07) is 4.37. The highest BCUT2D eigenvalue weighted by atomic mass is 19.3. The van der Waals surface area contributed by atoms with Gasteiger partial charge in [0.15, 0.2) is 0 Å². The molecule has 0 radical (unpaired) electrons. The molecular formula is C21H29F3. The van der Waals surface area contributed by atoms with Gasteiger partial charge in [0, 0.05) is 0 Å². The Labute approximate surface area is 143 Å². The number of hydrogen-bond donors (Lipinski definition) is 0. The Morgan fingerprint density at radius 2 is 1.75 bits per heavy atom. The van der Waals surface area contributed by atoms with Crippen molar-refractivity contribution in [2.45, 2.75) is 77.1 Å². The summed E-state index contributed by atoms with van der Waals surface area (Å²) in [7, 11) is 0. The smallest absolute Gasteiger partial charge is 0.206 e. The first-order valence-electron chi connectivity index (χ1n) is 9.66. The molecule has 0 nitrogen and oxygen atoms in total. The van der Waals surface area contributed by atoms with E-state index in [1.807, 2.05) is 0 Å². The summed E-state index contributed by atoms with van der Waals surface area (Å²) in [6.07, 6.45) is 8.62. The molecule has 3 rings (SSSR count). The van der Waals surface area contributed by atoms with Gasteiger partial charge in [-0.2, -0.15) is 0 Å². The maximum atomic E-state index is 13.9. The van der Waals surface area contributed by atoms with Crippen LogP contribution in [0.15, 0.2) is 18.2 Å². The van der Waals surface area contributed by atoms with Crippen molar-refractivity contribution < 1.29 is 13.2 Å². The Morgan fingerprint density at radius 3 is 2.38 bits per heavy atom. The maximum Gasteiger partial charge on any atom is 0.266 e. The van der Waals surface area contributed by atoms with Gasteiger partial charge in [0.2, 0.25) is 0 Å². The Balaban J connectivity index is 1.64. The third kappa shape index (κ3) is 3.97. The molecule has 0 saturated heterocycles. The van der Waals surface area contributed by atoms with Gasteiger partial charge < -0.3 is 0 Å². The minimum absolute atomic E-state index is 0.342. The Bertz CT molecular complexity index is 532. The van der Waals surface area contributed by atoms with Gasteiger partial charge in [-0.25, -0.2) is 13.2 Å². The van der Waals surface area contributed by atoms with E-state index in [2.05, 4.69) is 6.92 Å². The molecule has 0 bridgehead atoms. The van der Waals surface area contributed by atoms with Gasteiger partial charge in [-0.05, 0) is 61.0 Å². The lowest BCUT2D eigenvalue weighted by atomic mass is 9.67. The minimum Gasteiger partial charge on any atom is -0.206 e. The summed E-state index contributed by atoms with van der Waals surface area (Å²) in [5, 5.41) is 0. The predicted octanol–water partition coefficient (Wildman–Crippen LogP) is 7.25. The van der Waals surface area contributed by atoms with Crippen LogP contribution in [0.4, 0.5) is 13.2 Å². The summed E-state index contributed by atoms with van der Waals surface area (Å²) in [5.41, 5.74) is 0.452. The lowest BCUT2D eigenvalue weighted by Crippen LogP contribution is -2.26. The highest BCUT2D eigenvalue weighted by Gasteiger charge is 2.32. The Kier molecular flexibility index (Phi) is 5.89. The molecule has 2 atom stereocenters. The van der Waals surface area contributed by atoms with Crippen molar-refractivity contribution in [3.63, 3.8) is 0 Å². The molecule has 1 unspecified atom stereocenters. The van der Waals surface area contributed by atoms with E-state index in [0.29, 0.717) is 5.92 Å². The van der Waals surface area contributed by atoms with E-state index >= 15 is 0 Å². The first-order chi connectivity index (χ1) is 11.6. The van der Waals surface area contributed by atoms with Crippen LogP contribution in [-0.4, -0.2) is 0 Å². The van der Waals surface area contributed by atoms with Gasteiger partial charge in [0.05, 0.1) is 5.56 Å². The van der Waals surface area contributed by atoms with Gasteiger partial charge in [-0.3, -0.25) is 0 Å². The molecule has 3 heteroatoms. The van der Waals surface area contributed by atoms with Crippen LogP contribution in [0.1, 0.15) is 88.2 Å². The summed E-state index contributed by atoms with van der Waals surface area (Å²) < 4.78 is 39.4. The highest BCUT2D eigenvalue weighted by molar-refractivity contribution is 5.28. The third-order valence-electron chi connectivity index (χ3n) is 6.58. The molecule has 0 aliphatic heterocycles. The van der Waals surface area contributed by atoms with Crippen LogP contribution in [0.25, 0.3) is 0 Å². The molecule has 2 aliphatic carbocycles. The van der Waals surface area contributed by atoms with Crippen molar-refractivity contribution in [2.24, 2.45) is 17.8 Å². The number of rotatable bonds is 4. The van der Waals surface area contributed by atoms with Crippen LogP contribution < -0.4 is 0 Å². The molecule has 2 fully saturated rings. The van der Waals surface area contributed by atoms with Crippen LogP contribution in [0.3, 0.4) is 0 Å². The molecule has 2 aliphatic rings. The predicted molar refractivity (Wildman–Crippen MR) is 91.8 cm³/mol. The minimum atomic E-state index is -2.73. The molecule has 24 heavy (non-hydrogen) atoms. The average Bonchev–Trinajstić information content (AvgIpc) is 2.61. The van der Waals surface area contributed by atoms with Crippen LogP contribution in [0.2, 0.25) is 0 Å². The molecule has 1 aromatic rings. The number of halogens is 3. The zero-order valence-corrected chi connectivity index (χ0v) is 14.6. The SMILES string of the molecule is CC[C@H]1CC[C@H]([C@@H]2CCCC(c3ccc(C(F)F)c(F)c3)C2)CC1. The van der Waals surface area contributed by atoms with Crippen LogP contribution in [-0.2, 0) is 0 Å². The first-order valence-corrected chi connectivity index (χ1v) is 9.66. The third-order valence-corrected chi connectivity index (χ3v) is 6.58. The quantitative estimate of drug-likeness (QED) is 0.542. The second kappa shape index (κ2) is 7.93. The van der Waals surface area contributed by atoms with Gasteiger partial charge in [-0.15, -0.1) is 0 Å². The van der Waals surface area contributed by atoms with Crippen LogP contribution in [0.5, 0.6) is 0 Å². The van der Waals surface area contributed by atoms with E-state index in [9.17, 15) is 13.2 Å². The monoisotopic (exact) mass is 338 g/mol. The fourth-order valence-electron chi connectivity index (χ4n) is 5.00. The molecule has 2 saturated carbocycles. The highest BCUT2D eigenvalue weighted by Crippen LogP contribution is 2.45. The van der Waals surface area contributed by atoms with E-state index in [-0.39, 0.29) is 0 Å². The zero-order valence-electron chi connectivity index (χ0n) is 14.6. The second-order valence-electron chi connectivity index (χ2n) is 7.89. The van der Waals surface area contributed by atoms with E-state index in [0.717, 1.165) is 36.2 Å². The van der Waals surface area contributed by atoms with Crippen molar-refractivity contribution in [1.29, 1.82) is 0 Å². The Morgan fingerprint density at radius 1 is 1.00 bits per heavy atom. The van der Waals surface area contributed by atoms with Crippen molar-refractivity contribution in [1.82, 2.24) is 0 Å². The lowest BCUT2D eigenvalue weighted by Gasteiger charge is -2.38. The number of alkyl halides is 2. The van der Waals surface area contributed by atoms with E-state index in [1.165, 1.54) is 57.1 Å². The van der Waals surface area contributed by atoms with Gasteiger partial charge in [0.25, 0.3) is 6.43 Å². The molecule has 1 aromatic carbocycles. The van der Waals surface area contributed by atoms with Crippen LogP contribution >= 0.6 is 0 Å². The van der Waals surface area contributed by atoms with E-state index < -0.39 is 17.8 Å². The number of benzene rings is 1. The van der Waals surface area contributed by atoms with E-state index in [1.54, 1.807) is 6.07 Å². The van der Waals surface area contributed by atoms with Crippen LogP contribution in [0, 0.1) is 23.6 Å². The largest absolute Gasteiger partial charge is 0.266 e. The fourth-order valence-corrected chi connectivity index (χ4v) is 5.00. The topological polar surface area (TPSA) is 0 Å². The van der Waals surface area contributed by atoms with Gasteiger partial charge in [-0.1, -0.05) is 51.2 Å². The zero-order chi connectivity index (χ0) is 17.1. The summed E-state index contributed by atoms with van der Waals surface area (Å²) in [4.78, 5) is 0. The molecule has 0 N–H and O–H groups in total. The van der Waals surface area contributed by atoms with Crippen molar-refractivity contribution in [3.05, 3.63) is 35.1 Å².